The predicted molar refractivity (Wildman–Crippen MR) is 99.5 cm³/mol. The van der Waals surface area contributed by atoms with Crippen LogP contribution in [-0.2, 0) is 11.2 Å². The third-order valence-corrected chi connectivity index (χ3v) is 4.45. The van der Waals surface area contributed by atoms with Gasteiger partial charge in [0.25, 0.3) is 0 Å². The average molecular weight is 355 g/mol. The summed E-state index contributed by atoms with van der Waals surface area (Å²) in [6.07, 6.45) is 5.70. The molecule has 6 heteroatoms. The van der Waals surface area contributed by atoms with Crippen molar-refractivity contribution >= 4 is 17.9 Å². The minimum absolute atomic E-state index is 0.160. The zero-order valence-electron chi connectivity index (χ0n) is 14.4. The summed E-state index contributed by atoms with van der Waals surface area (Å²) in [5.74, 6) is -1.33. The molecule has 1 atom stereocenters. The largest absolute Gasteiger partial charge is 0.478 e. The van der Waals surface area contributed by atoms with Crippen molar-refractivity contribution in [1.82, 2.24) is 9.88 Å². The Kier molecular flexibility index (Phi) is 5.96. The van der Waals surface area contributed by atoms with Crippen LogP contribution in [0.15, 0.2) is 48.7 Å². The van der Waals surface area contributed by atoms with Crippen molar-refractivity contribution in [1.29, 1.82) is 0 Å². The van der Waals surface area contributed by atoms with Crippen LogP contribution in [0.2, 0.25) is 0 Å². The lowest BCUT2D eigenvalue weighted by atomic mass is 10.1. The Morgan fingerprint density at radius 3 is 2.92 bits per heavy atom. The molecule has 1 aliphatic heterocycles. The summed E-state index contributed by atoms with van der Waals surface area (Å²) in [6, 6.07) is 11.8. The second-order valence-corrected chi connectivity index (χ2v) is 6.44. The van der Waals surface area contributed by atoms with Crippen LogP contribution in [0.4, 0.5) is 10.2 Å². The second-order valence-electron chi connectivity index (χ2n) is 6.44. The highest BCUT2D eigenvalue weighted by molar-refractivity contribution is 5.85. The first-order chi connectivity index (χ1) is 12.6. The number of carboxylic acid groups (broad SMARTS) is 1. The summed E-state index contributed by atoms with van der Waals surface area (Å²) in [5.41, 5.74) is 1.74. The van der Waals surface area contributed by atoms with Gasteiger partial charge in [0.2, 0.25) is 0 Å². The lowest BCUT2D eigenvalue weighted by Gasteiger charge is -2.17. The molecule has 5 nitrogen and oxygen atoms in total. The highest BCUT2D eigenvalue weighted by Gasteiger charge is 2.23. The van der Waals surface area contributed by atoms with Crippen LogP contribution in [0.5, 0.6) is 0 Å². The number of pyridine rings is 1. The van der Waals surface area contributed by atoms with E-state index in [0.29, 0.717) is 5.56 Å². The Balaban J connectivity index is 1.51. The van der Waals surface area contributed by atoms with Gasteiger partial charge in [0.05, 0.1) is 0 Å². The number of anilines is 1. The van der Waals surface area contributed by atoms with E-state index >= 15 is 0 Å². The van der Waals surface area contributed by atoms with E-state index in [-0.39, 0.29) is 11.9 Å². The number of carbonyl (C=O) groups is 1. The van der Waals surface area contributed by atoms with Crippen LogP contribution in [0.25, 0.3) is 6.08 Å². The van der Waals surface area contributed by atoms with Crippen molar-refractivity contribution in [3.8, 4) is 0 Å². The molecule has 26 heavy (non-hydrogen) atoms. The van der Waals surface area contributed by atoms with Crippen molar-refractivity contribution < 1.29 is 14.3 Å². The Morgan fingerprint density at radius 1 is 1.38 bits per heavy atom. The van der Waals surface area contributed by atoms with Crippen LogP contribution in [0.3, 0.4) is 0 Å². The van der Waals surface area contributed by atoms with E-state index < -0.39 is 11.8 Å². The van der Waals surface area contributed by atoms with Crippen molar-refractivity contribution in [2.75, 3.05) is 25.0 Å². The number of likely N-dealkylation sites (tertiary alicyclic amines) is 1. The first-order valence-corrected chi connectivity index (χ1v) is 8.69. The smallest absolute Gasteiger partial charge is 0.328 e. The zero-order valence-corrected chi connectivity index (χ0v) is 14.4. The SMILES string of the molecule is O=C(O)/C=C/c1cnc(NC2CCN(CCc3ccccc3)C2)c(F)c1. The standard InChI is InChI=1S/C20H22FN3O2/c21-18-12-16(6-7-19(25)26)13-22-20(18)23-17-9-11-24(14-17)10-8-15-4-2-1-3-5-15/h1-7,12-13,17H,8-11,14H2,(H,22,23)(H,25,26)/b7-6+. The highest BCUT2D eigenvalue weighted by atomic mass is 19.1. The minimum Gasteiger partial charge on any atom is -0.478 e. The van der Waals surface area contributed by atoms with Crippen LogP contribution >= 0.6 is 0 Å². The molecular formula is C20H22FN3O2. The summed E-state index contributed by atoms with van der Waals surface area (Å²) in [4.78, 5) is 17.0. The summed E-state index contributed by atoms with van der Waals surface area (Å²) < 4.78 is 14.2. The van der Waals surface area contributed by atoms with Crippen molar-refractivity contribution in [2.45, 2.75) is 18.9 Å². The van der Waals surface area contributed by atoms with Gasteiger partial charge in [0.15, 0.2) is 11.6 Å². The fourth-order valence-corrected chi connectivity index (χ4v) is 3.10. The lowest BCUT2D eigenvalue weighted by molar-refractivity contribution is -0.131. The quantitative estimate of drug-likeness (QED) is 0.748. The Labute approximate surface area is 152 Å². The van der Waals surface area contributed by atoms with Crippen LogP contribution in [-0.4, -0.2) is 46.6 Å². The van der Waals surface area contributed by atoms with Gasteiger partial charge in [0.1, 0.15) is 0 Å². The number of aromatic nitrogens is 1. The minimum atomic E-state index is -1.07. The van der Waals surface area contributed by atoms with Gasteiger partial charge in [-0.25, -0.2) is 14.2 Å². The molecule has 1 fully saturated rings. The molecule has 2 heterocycles. The second kappa shape index (κ2) is 8.58. The Bertz CT molecular complexity index is 780. The number of nitrogens with zero attached hydrogens (tertiary/aromatic N) is 2. The molecule has 0 radical (unpaired) electrons. The van der Waals surface area contributed by atoms with Gasteiger partial charge in [-0.3, -0.25) is 0 Å². The van der Waals surface area contributed by atoms with E-state index in [0.717, 1.165) is 38.6 Å². The van der Waals surface area contributed by atoms with Gasteiger partial charge in [-0.1, -0.05) is 30.3 Å². The maximum atomic E-state index is 14.2. The number of hydrogen-bond donors (Lipinski definition) is 2. The van der Waals surface area contributed by atoms with E-state index in [9.17, 15) is 9.18 Å². The van der Waals surface area contributed by atoms with Crippen LogP contribution < -0.4 is 5.32 Å². The van der Waals surface area contributed by atoms with Gasteiger partial charge in [-0.15, -0.1) is 0 Å². The summed E-state index contributed by atoms with van der Waals surface area (Å²) in [5, 5.41) is 11.8. The van der Waals surface area contributed by atoms with Gasteiger partial charge < -0.3 is 15.3 Å². The third-order valence-electron chi connectivity index (χ3n) is 4.45. The molecular weight excluding hydrogens is 333 g/mol. The van der Waals surface area contributed by atoms with Crippen molar-refractivity contribution in [3.63, 3.8) is 0 Å². The van der Waals surface area contributed by atoms with Gasteiger partial charge in [-0.2, -0.15) is 0 Å². The number of rotatable bonds is 7. The topological polar surface area (TPSA) is 65.5 Å². The molecule has 2 aromatic rings. The first kappa shape index (κ1) is 18.1. The molecule has 1 unspecified atom stereocenters. The molecule has 0 aliphatic carbocycles. The molecule has 3 rings (SSSR count). The van der Waals surface area contributed by atoms with Crippen LogP contribution in [0.1, 0.15) is 17.5 Å². The first-order valence-electron chi connectivity index (χ1n) is 8.69. The lowest BCUT2D eigenvalue weighted by Crippen LogP contribution is -2.28. The number of halogens is 1. The fraction of sp³-hybridized carbons (Fsp3) is 0.300. The summed E-state index contributed by atoms with van der Waals surface area (Å²) in [6.45, 7) is 2.82. The normalized spacial score (nSPS) is 17.7. The Morgan fingerprint density at radius 2 is 2.19 bits per heavy atom. The molecule has 136 valence electrons. The van der Waals surface area contributed by atoms with Gasteiger partial charge >= 0.3 is 5.97 Å². The fourth-order valence-electron chi connectivity index (χ4n) is 3.10. The van der Waals surface area contributed by atoms with Gasteiger partial charge in [-0.05, 0) is 36.1 Å². The van der Waals surface area contributed by atoms with Crippen molar-refractivity contribution in [3.05, 3.63) is 65.6 Å². The summed E-state index contributed by atoms with van der Waals surface area (Å²) >= 11 is 0. The molecule has 0 amide bonds. The summed E-state index contributed by atoms with van der Waals surface area (Å²) in [7, 11) is 0. The number of aliphatic carboxylic acids is 1. The monoisotopic (exact) mass is 355 g/mol. The molecule has 2 N–H and O–H groups in total. The zero-order chi connectivity index (χ0) is 18.4. The van der Waals surface area contributed by atoms with Crippen LogP contribution in [0, 0.1) is 5.82 Å². The third kappa shape index (κ3) is 5.13. The molecule has 0 spiro atoms. The number of carboxylic acids is 1. The molecule has 1 aromatic carbocycles. The highest BCUT2D eigenvalue weighted by Crippen LogP contribution is 2.18. The Hall–Kier alpha value is -2.73. The number of hydrogen-bond acceptors (Lipinski definition) is 4. The number of benzene rings is 1. The van der Waals surface area contributed by atoms with E-state index in [1.165, 1.54) is 23.9 Å². The maximum Gasteiger partial charge on any atom is 0.328 e. The molecule has 1 saturated heterocycles. The van der Waals surface area contributed by atoms with Gasteiger partial charge in [0, 0.05) is 37.9 Å². The molecule has 1 aromatic heterocycles. The van der Waals surface area contributed by atoms with Crippen molar-refractivity contribution in [2.24, 2.45) is 0 Å². The predicted octanol–water partition coefficient (Wildman–Crippen LogP) is 3.05. The van der Waals surface area contributed by atoms with E-state index in [1.807, 2.05) is 18.2 Å². The molecule has 1 aliphatic rings. The van der Waals surface area contributed by atoms with E-state index in [4.69, 9.17) is 5.11 Å². The molecule has 0 bridgehead atoms. The van der Waals surface area contributed by atoms with E-state index in [2.05, 4.69) is 27.3 Å². The van der Waals surface area contributed by atoms with E-state index in [1.54, 1.807) is 0 Å². The molecule has 0 saturated carbocycles. The number of nitrogens with one attached hydrogen (secondary N) is 1. The maximum absolute atomic E-state index is 14.2. The average Bonchev–Trinajstić information content (AvgIpc) is 3.09.